The molecule has 2 rings (SSSR count). The monoisotopic (exact) mass is 255 g/mol. The smallest absolute Gasteiger partial charge is 0.414 e. The zero-order valence-corrected chi connectivity index (χ0v) is 10.3. The van der Waals surface area contributed by atoms with Gasteiger partial charge in [0.25, 0.3) is 0 Å². The summed E-state index contributed by atoms with van der Waals surface area (Å²) in [7, 11) is 0. The number of carbonyl (C=O) groups is 1. The van der Waals surface area contributed by atoms with E-state index in [0.717, 1.165) is 11.3 Å². The number of amides is 1. The number of carbonyl (C=O) groups excluding carboxylic acids is 1. The number of rotatable bonds is 2. The minimum Gasteiger partial charge on any atom is -0.449 e. The molecule has 92 valence electrons. The molecular formula is C12H14ClNO3. The molecule has 1 atom stereocenters. The third-order valence-electron chi connectivity index (χ3n) is 2.82. The maximum atomic E-state index is 11.7. The summed E-state index contributed by atoms with van der Waals surface area (Å²) in [6.07, 6.45) is -0.389. The van der Waals surface area contributed by atoms with E-state index in [4.69, 9.17) is 21.4 Å². The molecule has 0 aromatic heterocycles. The molecule has 0 aliphatic carbocycles. The number of halogens is 1. The van der Waals surface area contributed by atoms with Crippen LogP contribution in [0.2, 0.25) is 5.02 Å². The molecule has 1 unspecified atom stereocenters. The summed E-state index contributed by atoms with van der Waals surface area (Å²) < 4.78 is 5.03. The Bertz CT molecular complexity index is 436. The highest BCUT2D eigenvalue weighted by Gasteiger charge is 2.28. The van der Waals surface area contributed by atoms with Gasteiger partial charge < -0.3 is 9.84 Å². The minimum absolute atomic E-state index is 0.00337. The number of aliphatic hydroxyl groups is 1. The standard InChI is InChI=1S/C12H14ClNO3/c1-8-2-3-10(13)4-11(8)14-5-9(6-15)7-17-12(14)16/h2-4,9,15H,5-7H2,1H3. The molecule has 1 amide bonds. The lowest BCUT2D eigenvalue weighted by Crippen LogP contribution is -2.44. The first kappa shape index (κ1) is 12.2. The molecule has 5 heteroatoms. The van der Waals surface area contributed by atoms with Gasteiger partial charge in [0.2, 0.25) is 0 Å². The van der Waals surface area contributed by atoms with Crippen molar-refractivity contribution in [2.75, 3.05) is 24.7 Å². The van der Waals surface area contributed by atoms with Crippen LogP contribution in [0.15, 0.2) is 18.2 Å². The van der Waals surface area contributed by atoms with E-state index in [1.807, 2.05) is 13.0 Å². The topological polar surface area (TPSA) is 49.8 Å². The van der Waals surface area contributed by atoms with Crippen molar-refractivity contribution in [2.24, 2.45) is 5.92 Å². The van der Waals surface area contributed by atoms with E-state index in [0.29, 0.717) is 11.6 Å². The molecule has 17 heavy (non-hydrogen) atoms. The molecule has 1 N–H and O–H groups in total. The summed E-state index contributed by atoms with van der Waals surface area (Å²) in [4.78, 5) is 13.2. The summed E-state index contributed by atoms with van der Waals surface area (Å²) in [6.45, 7) is 2.63. The van der Waals surface area contributed by atoms with E-state index in [2.05, 4.69) is 0 Å². The first-order valence-corrected chi connectivity index (χ1v) is 5.81. The third-order valence-corrected chi connectivity index (χ3v) is 3.06. The number of benzene rings is 1. The number of aliphatic hydroxyl groups excluding tert-OH is 1. The summed E-state index contributed by atoms with van der Waals surface area (Å²) >= 11 is 5.93. The zero-order chi connectivity index (χ0) is 12.4. The van der Waals surface area contributed by atoms with Gasteiger partial charge in [-0.1, -0.05) is 17.7 Å². The molecule has 1 aromatic carbocycles. The van der Waals surface area contributed by atoms with E-state index in [1.54, 1.807) is 12.1 Å². The van der Waals surface area contributed by atoms with Crippen molar-refractivity contribution in [3.63, 3.8) is 0 Å². The molecule has 1 aromatic rings. The van der Waals surface area contributed by atoms with Crippen LogP contribution in [-0.4, -0.2) is 31.0 Å². The lowest BCUT2D eigenvalue weighted by molar-refractivity contribution is 0.0899. The van der Waals surface area contributed by atoms with Crippen LogP contribution >= 0.6 is 11.6 Å². The lowest BCUT2D eigenvalue weighted by atomic mass is 10.1. The molecule has 0 bridgehead atoms. The predicted octanol–water partition coefficient (Wildman–Crippen LogP) is 2.21. The van der Waals surface area contributed by atoms with Gasteiger partial charge in [0.1, 0.15) is 0 Å². The number of hydrogen-bond acceptors (Lipinski definition) is 3. The fourth-order valence-electron chi connectivity index (χ4n) is 1.83. The first-order valence-electron chi connectivity index (χ1n) is 5.43. The van der Waals surface area contributed by atoms with Gasteiger partial charge in [-0.2, -0.15) is 0 Å². The van der Waals surface area contributed by atoms with Crippen molar-refractivity contribution in [1.29, 1.82) is 0 Å². The highest BCUT2D eigenvalue weighted by molar-refractivity contribution is 6.31. The third kappa shape index (κ3) is 2.53. The fraction of sp³-hybridized carbons (Fsp3) is 0.417. The largest absolute Gasteiger partial charge is 0.449 e. The molecule has 1 aliphatic heterocycles. The molecule has 1 aliphatic rings. The van der Waals surface area contributed by atoms with Crippen molar-refractivity contribution in [1.82, 2.24) is 0 Å². The van der Waals surface area contributed by atoms with E-state index < -0.39 is 0 Å². The summed E-state index contributed by atoms with van der Waals surface area (Å²) in [5.41, 5.74) is 1.69. The van der Waals surface area contributed by atoms with Gasteiger partial charge in [0.15, 0.2) is 0 Å². The average Bonchev–Trinajstić information content (AvgIpc) is 2.33. The first-order chi connectivity index (χ1) is 8.11. The van der Waals surface area contributed by atoms with Gasteiger partial charge in [-0.15, -0.1) is 0 Å². The number of cyclic esters (lactones) is 1. The summed E-state index contributed by atoms with van der Waals surface area (Å²) in [6, 6.07) is 5.37. The van der Waals surface area contributed by atoms with E-state index in [1.165, 1.54) is 4.90 Å². The summed E-state index contributed by atoms with van der Waals surface area (Å²) in [5.74, 6) is -0.0499. The Labute approximate surface area is 105 Å². The van der Waals surface area contributed by atoms with Crippen LogP contribution in [0.4, 0.5) is 10.5 Å². The maximum Gasteiger partial charge on any atom is 0.414 e. The molecule has 1 heterocycles. The number of aryl methyl sites for hydroxylation is 1. The lowest BCUT2D eigenvalue weighted by Gasteiger charge is -2.32. The fourth-order valence-corrected chi connectivity index (χ4v) is 2.00. The number of nitrogens with zero attached hydrogens (tertiary/aromatic N) is 1. The maximum absolute atomic E-state index is 11.7. The average molecular weight is 256 g/mol. The van der Waals surface area contributed by atoms with Crippen LogP contribution in [0.1, 0.15) is 5.56 Å². The normalized spacial score (nSPS) is 20.3. The quantitative estimate of drug-likeness (QED) is 0.882. The molecular weight excluding hydrogens is 242 g/mol. The van der Waals surface area contributed by atoms with Crippen LogP contribution in [-0.2, 0) is 4.74 Å². The van der Waals surface area contributed by atoms with Gasteiger partial charge in [0.05, 0.1) is 18.9 Å². The van der Waals surface area contributed by atoms with E-state index in [-0.39, 0.29) is 25.2 Å². The van der Waals surface area contributed by atoms with Crippen molar-refractivity contribution in [3.8, 4) is 0 Å². The number of anilines is 1. The van der Waals surface area contributed by atoms with Gasteiger partial charge in [0, 0.05) is 17.5 Å². The van der Waals surface area contributed by atoms with Crippen molar-refractivity contribution in [3.05, 3.63) is 28.8 Å². The summed E-state index contributed by atoms with van der Waals surface area (Å²) in [5, 5.41) is 9.70. The Morgan fingerprint density at radius 3 is 3.06 bits per heavy atom. The second-order valence-electron chi connectivity index (χ2n) is 4.17. The van der Waals surface area contributed by atoms with Crippen LogP contribution in [0.5, 0.6) is 0 Å². The van der Waals surface area contributed by atoms with Gasteiger partial charge >= 0.3 is 6.09 Å². The highest BCUT2D eigenvalue weighted by Crippen LogP contribution is 2.27. The molecule has 1 saturated heterocycles. The van der Waals surface area contributed by atoms with Crippen LogP contribution in [0, 0.1) is 12.8 Å². The molecule has 4 nitrogen and oxygen atoms in total. The van der Waals surface area contributed by atoms with Gasteiger partial charge in [-0.25, -0.2) is 4.79 Å². The Morgan fingerprint density at radius 1 is 1.59 bits per heavy atom. The molecule has 0 radical (unpaired) electrons. The minimum atomic E-state index is -0.389. The van der Waals surface area contributed by atoms with Crippen molar-refractivity contribution in [2.45, 2.75) is 6.92 Å². The van der Waals surface area contributed by atoms with Gasteiger partial charge in [-0.05, 0) is 24.6 Å². The van der Waals surface area contributed by atoms with Crippen LogP contribution in [0.25, 0.3) is 0 Å². The van der Waals surface area contributed by atoms with Crippen LogP contribution < -0.4 is 4.90 Å². The SMILES string of the molecule is Cc1ccc(Cl)cc1N1CC(CO)COC1=O. The Hall–Kier alpha value is -1.26. The molecule has 0 saturated carbocycles. The van der Waals surface area contributed by atoms with Crippen molar-refractivity contribution >= 4 is 23.4 Å². The number of ether oxygens (including phenoxy) is 1. The van der Waals surface area contributed by atoms with Crippen LogP contribution in [0.3, 0.4) is 0 Å². The second kappa shape index (κ2) is 4.94. The Morgan fingerprint density at radius 2 is 2.35 bits per heavy atom. The highest BCUT2D eigenvalue weighted by atomic mass is 35.5. The Balaban J connectivity index is 2.30. The van der Waals surface area contributed by atoms with Gasteiger partial charge in [-0.3, -0.25) is 4.90 Å². The number of hydrogen-bond donors (Lipinski definition) is 1. The van der Waals surface area contributed by atoms with E-state index in [9.17, 15) is 4.79 Å². The predicted molar refractivity (Wildman–Crippen MR) is 65.5 cm³/mol. The molecule has 0 spiro atoms. The second-order valence-corrected chi connectivity index (χ2v) is 4.60. The van der Waals surface area contributed by atoms with E-state index >= 15 is 0 Å². The van der Waals surface area contributed by atoms with Crippen molar-refractivity contribution < 1.29 is 14.6 Å². The zero-order valence-electron chi connectivity index (χ0n) is 9.52. The Kier molecular flexibility index (Phi) is 3.54. The molecule has 1 fully saturated rings.